The van der Waals surface area contributed by atoms with Crippen LogP contribution in [0.2, 0.25) is 0 Å². The Hall–Kier alpha value is -1.53. The molecule has 0 radical (unpaired) electrons. The number of thioether (sulfide) groups is 1. The third-order valence-corrected chi connectivity index (χ3v) is 4.71. The average molecular weight is 294 g/mol. The zero-order valence-corrected chi connectivity index (χ0v) is 12.3. The van der Waals surface area contributed by atoms with Crippen molar-refractivity contribution in [3.63, 3.8) is 0 Å². The lowest BCUT2D eigenvalue weighted by atomic mass is 10.1. The summed E-state index contributed by atoms with van der Waals surface area (Å²) in [6, 6.07) is 5.43. The number of ether oxygens (including phenoxy) is 1. The summed E-state index contributed by atoms with van der Waals surface area (Å²) >= 11 is 3.19. The molecule has 19 heavy (non-hydrogen) atoms. The molecule has 2 rings (SSSR count). The number of esters is 1. The van der Waals surface area contributed by atoms with Gasteiger partial charge in [-0.05, 0) is 18.6 Å². The van der Waals surface area contributed by atoms with Crippen LogP contribution in [0.25, 0.3) is 0 Å². The van der Waals surface area contributed by atoms with Crippen molar-refractivity contribution < 1.29 is 9.53 Å². The Labute approximate surface area is 120 Å². The first kappa shape index (κ1) is 13.9. The third kappa shape index (κ3) is 3.27. The van der Waals surface area contributed by atoms with E-state index in [-0.39, 0.29) is 0 Å². The van der Waals surface area contributed by atoms with Gasteiger partial charge in [0.15, 0.2) is 0 Å². The maximum absolute atomic E-state index is 11.7. The van der Waals surface area contributed by atoms with E-state index >= 15 is 0 Å². The molecular weight excluding hydrogens is 280 g/mol. The molecule has 0 bridgehead atoms. The monoisotopic (exact) mass is 294 g/mol. The summed E-state index contributed by atoms with van der Waals surface area (Å²) in [5.41, 5.74) is 8.62. The molecule has 0 aliphatic carbocycles. The van der Waals surface area contributed by atoms with Crippen molar-refractivity contribution in [1.29, 1.82) is 0 Å². The van der Waals surface area contributed by atoms with Crippen LogP contribution in [0.5, 0.6) is 0 Å². The highest BCUT2D eigenvalue weighted by Gasteiger charge is 2.15. The summed E-state index contributed by atoms with van der Waals surface area (Å²) in [5.74, 6) is 0.242. The number of aryl methyl sites for hydroxylation is 1. The maximum atomic E-state index is 11.7. The number of nitrogens with two attached hydrogens (primary N) is 1. The largest absolute Gasteiger partial charge is 0.465 e. The quantitative estimate of drug-likeness (QED) is 0.533. The van der Waals surface area contributed by atoms with Crippen LogP contribution in [0.1, 0.15) is 21.6 Å². The molecule has 0 amide bonds. The lowest BCUT2D eigenvalue weighted by Crippen LogP contribution is -2.09. The van der Waals surface area contributed by atoms with Crippen molar-refractivity contribution in [2.24, 2.45) is 0 Å². The molecule has 0 spiro atoms. The molecule has 2 N–H and O–H groups in total. The fraction of sp³-hybridized carbons (Fsp3) is 0.231. The number of rotatable bonds is 4. The van der Waals surface area contributed by atoms with E-state index in [1.54, 1.807) is 29.2 Å². The molecule has 2 aromatic rings. The SMILES string of the molecule is COC(=O)c1c(N)cccc1CSc1nc(C)cs1. The molecule has 0 saturated heterocycles. The summed E-state index contributed by atoms with van der Waals surface area (Å²) in [4.78, 5) is 16.1. The maximum Gasteiger partial charge on any atom is 0.340 e. The van der Waals surface area contributed by atoms with Gasteiger partial charge < -0.3 is 10.5 Å². The van der Waals surface area contributed by atoms with Gasteiger partial charge in [0, 0.05) is 22.5 Å². The van der Waals surface area contributed by atoms with Crippen LogP contribution < -0.4 is 5.73 Å². The van der Waals surface area contributed by atoms with Crippen LogP contribution in [0, 0.1) is 6.92 Å². The van der Waals surface area contributed by atoms with Crippen LogP contribution in [0.4, 0.5) is 5.69 Å². The number of hydrogen-bond donors (Lipinski definition) is 1. The minimum Gasteiger partial charge on any atom is -0.465 e. The number of benzene rings is 1. The van der Waals surface area contributed by atoms with E-state index in [2.05, 4.69) is 4.98 Å². The van der Waals surface area contributed by atoms with Gasteiger partial charge in [-0.25, -0.2) is 9.78 Å². The first-order chi connectivity index (χ1) is 9.11. The van der Waals surface area contributed by atoms with Gasteiger partial charge in [-0.2, -0.15) is 0 Å². The Balaban J connectivity index is 2.20. The van der Waals surface area contributed by atoms with Crippen molar-refractivity contribution in [3.05, 3.63) is 40.4 Å². The molecule has 0 atom stereocenters. The average Bonchev–Trinajstić information content (AvgIpc) is 2.81. The molecule has 6 heteroatoms. The number of hydrogen-bond acceptors (Lipinski definition) is 6. The normalized spacial score (nSPS) is 10.4. The highest BCUT2D eigenvalue weighted by Crippen LogP contribution is 2.29. The number of aromatic nitrogens is 1. The minimum atomic E-state index is -0.399. The lowest BCUT2D eigenvalue weighted by molar-refractivity contribution is 0.0601. The number of thiazole rings is 1. The van der Waals surface area contributed by atoms with Crippen molar-refractivity contribution >= 4 is 34.8 Å². The van der Waals surface area contributed by atoms with Crippen molar-refractivity contribution in [3.8, 4) is 0 Å². The topological polar surface area (TPSA) is 65.2 Å². The zero-order chi connectivity index (χ0) is 13.8. The van der Waals surface area contributed by atoms with Gasteiger partial charge in [0.25, 0.3) is 0 Å². The molecule has 1 aromatic carbocycles. The second-order valence-corrected chi connectivity index (χ2v) is 6.00. The molecular formula is C13H14N2O2S2. The number of methoxy groups -OCH3 is 1. The number of nitrogens with zero attached hydrogens (tertiary/aromatic N) is 1. The van der Waals surface area contributed by atoms with Gasteiger partial charge in [-0.1, -0.05) is 23.9 Å². The van der Waals surface area contributed by atoms with Crippen molar-refractivity contribution in [2.45, 2.75) is 17.0 Å². The van der Waals surface area contributed by atoms with Crippen molar-refractivity contribution in [2.75, 3.05) is 12.8 Å². The Morgan fingerprint density at radius 2 is 2.32 bits per heavy atom. The van der Waals surface area contributed by atoms with Gasteiger partial charge in [0.2, 0.25) is 0 Å². The molecule has 0 aliphatic rings. The highest BCUT2D eigenvalue weighted by molar-refractivity contribution is 8.00. The minimum absolute atomic E-state index is 0.399. The molecule has 1 heterocycles. The summed E-state index contributed by atoms with van der Waals surface area (Å²) < 4.78 is 5.75. The van der Waals surface area contributed by atoms with Crippen LogP contribution in [0.15, 0.2) is 27.9 Å². The van der Waals surface area contributed by atoms with Crippen molar-refractivity contribution in [1.82, 2.24) is 4.98 Å². The van der Waals surface area contributed by atoms with E-state index in [0.717, 1.165) is 15.6 Å². The Morgan fingerprint density at radius 3 is 2.95 bits per heavy atom. The molecule has 0 fully saturated rings. The second-order valence-electron chi connectivity index (χ2n) is 3.92. The molecule has 4 nitrogen and oxygen atoms in total. The van der Waals surface area contributed by atoms with E-state index in [1.807, 2.05) is 24.4 Å². The van der Waals surface area contributed by atoms with Crippen LogP contribution in [0.3, 0.4) is 0 Å². The van der Waals surface area contributed by atoms with E-state index in [1.165, 1.54) is 7.11 Å². The number of carbonyl (C=O) groups is 1. The Bertz CT molecular complexity index is 596. The summed E-state index contributed by atoms with van der Waals surface area (Å²) in [6.45, 7) is 1.96. The summed E-state index contributed by atoms with van der Waals surface area (Å²) in [6.07, 6.45) is 0. The third-order valence-electron chi connectivity index (χ3n) is 2.52. The predicted octanol–water partition coefficient (Wildman–Crippen LogP) is 3.11. The van der Waals surface area contributed by atoms with E-state index in [4.69, 9.17) is 10.5 Å². The molecule has 1 aromatic heterocycles. The summed E-state index contributed by atoms with van der Waals surface area (Å²) in [5, 5.41) is 2.00. The summed E-state index contributed by atoms with van der Waals surface area (Å²) in [7, 11) is 1.36. The second kappa shape index (κ2) is 6.08. The van der Waals surface area contributed by atoms with Gasteiger partial charge in [0.1, 0.15) is 4.34 Å². The number of carbonyl (C=O) groups excluding carboxylic acids is 1. The fourth-order valence-electron chi connectivity index (χ4n) is 1.63. The van der Waals surface area contributed by atoms with Gasteiger partial charge in [-0.15, -0.1) is 11.3 Å². The van der Waals surface area contributed by atoms with Crippen LogP contribution in [-0.4, -0.2) is 18.1 Å². The van der Waals surface area contributed by atoms with Gasteiger partial charge >= 0.3 is 5.97 Å². The smallest absolute Gasteiger partial charge is 0.340 e. The number of nitrogen functional groups attached to an aromatic ring is 1. The zero-order valence-electron chi connectivity index (χ0n) is 10.7. The van der Waals surface area contributed by atoms with E-state index in [0.29, 0.717) is 17.0 Å². The van der Waals surface area contributed by atoms with E-state index < -0.39 is 5.97 Å². The van der Waals surface area contributed by atoms with Crippen LogP contribution >= 0.6 is 23.1 Å². The first-order valence-corrected chi connectivity index (χ1v) is 7.49. The Morgan fingerprint density at radius 1 is 1.53 bits per heavy atom. The lowest BCUT2D eigenvalue weighted by Gasteiger charge is -2.09. The van der Waals surface area contributed by atoms with Gasteiger partial charge in [-0.3, -0.25) is 0 Å². The van der Waals surface area contributed by atoms with E-state index in [9.17, 15) is 4.79 Å². The molecule has 0 unspecified atom stereocenters. The molecule has 0 saturated carbocycles. The predicted molar refractivity (Wildman–Crippen MR) is 78.6 cm³/mol. The molecule has 0 aliphatic heterocycles. The number of anilines is 1. The first-order valence-electron chi connectivity index (χ1n) is 5.62. The Kier molecular flexibility index (Phi) is 4.44. The fourth-order valence-corrected chi connectivity index (χ4v) is 3.47. The molecule has 100 valence electrons. The van der Waals surface area contributed by atoms with Crippen LogP contribution in [-0.2, 0) is 10.5 Å². The van der Waals surface area contributed by atoms with Gasteiger partial charge in [0.05, 0.1) is 12.7 Å². The standard InChI is InChI=1S/C13H14N2O2S2/c1-8-6-18-13(15-8)19-7-9-4-3-5-10(14)11(9)12(16)17-2/h3-6H,7,14H2,1-2H3. The highest BCUT2D eigenvalue weighted by atomic mass is 32.2.